The molecule has 0 aliphatic carbocycles. The van der Waals surface area contributed by atoms with Crippen LogP contribution in [0.2, 0.25) is 0 Å². The first-order chi connectivity index (χ1) is 12.2. The summed E-state index contributed by atoms with van der Waals surface area (Å²) in [6.07, 6.45) is 5.52. The number of pyridine rings is 1. The lowest BCUT2D eigenvalue weighted by Crippen LogP contribution is -2.39. The maximum Gasteiger partial charge on any atom is 0.276 e. The summed E-state index contributed by atoms with van der Waals surface area (Å²) in [5.74, 6) is 0.941. The van der Waals surface area contributed by atoms with Crippen molar-refractivity contribution in [1.82, 2.24) is 25.2 Å². The largest absolute Gasteiger partial charge is 0.361 e. The fraction of sp³-hybridized carbons (Fsp3) is 0.444. The lowest BCUT2D eigenvalue weighted by molar-refractivity contribution is 0.0695. The summed E-state index contributed by atoms with van der Waals surface area (Å²) in [4.78, 5) is 19.3. The van der Waals surface area contributed by atoms with E-state index in [9.17, 15) is 4.79 Å². The Bertz CT molecular complexity index is 884. The maximum atomic E-state index is 12.7. The number of H-pyrrole nitrogens is 1. The SMILES string of the molecule is CCCc1cc(C(=O)N2CCC[C@@H](c3ccc4cn[nH]c4n3)C2)no1. The molecule has 4 rings (SSSR count). The van der Waals surface area contributed by atoms with Crippen LogP contribution in [0.1, 0.15) is 54.0 Å². The molecule has 1 aliphatic rings. The van der Waals surface area contributed by atoms with E-state index in [4.69, 9.17) is 4.52 Å². The minimum absolute atomic E-state index is 0.0570. The third-order valence-electron chi connectivity index (χ3n) is 4.72. The molecule has 0 bridgehead atoms. The van der Waals surface area contributed by atoms with Crippen LogP contribution in [0, 0.1) is 0 Å². The number of carbonyl (C=O) groups is 1. The zero-order chi connectivity index (χ0) is 17.2. The Morgan fingerprint density at radius 2 is 2.36 bits per heavy atom. The number of rotatable bonds is 4. The van der Waals surface area contributed by atoms with Gasteiger partial charge in [0.05, 0.1) is 6.20 Å². The van der Waals surface area contributed by atoms with Crippen LogP contribution in [0.3, 0.4) is 0 Å². The number of hydrogen-bond donors (Lipinski definition) is 1. The second-order valence-electron chi connectivity index (χ2n) is 6.56. The molecule has 1 amide bonds. The minimum atomic E-state index is -0.0570. The van der Waals surface area contributed by atoms with E-state index in [2.05, 4.69) is 27.3 Å². The highest BCUT2D eigenvalue weighted by Crippen LogP contribution is 2.27. The monoisotopic (exact) mass is 339 g/mol. The fourth-order valence-electron chi connectivity index (χ4n) is 3.41. The first-order valence-corrected chi connectivity index (χ1v) is 8.79. The van der Waals surface area contributed by atoms with Crippen molar-refractivity contribution in [3.05, 3.63) is 41.5 Å². The van der Waals surface area contributed by atoms with Crippen molar-refractivity contribution < 1.29 is 9.32 Å². The van der Waals surface area contributed by atoms with E-state index < -0.39 is 0 Å². The van der Waals surface area contributed by atoms with E-state index in [0.717, 1.165) is 54.7 Å². The number of likely N-dealkylation sites (tertiary alicyclic amines) is 1. The second-order valence-corrected chi connectivity index (χ2v) is 6.56. The Balaban J connectivity index is 1.50. The first-order valence-electron chi connectivity index (χ1n) is 8.79. The Kier molecular flexibility index (Phi) is 4.21. The Morgan fingerprint density at radius 1 is 1.44 bits per heavy atom. The lowest BCUT2D eigenvalue weighted by Gasteiger charge is -2.32. The molecular weight excluding hydrogens is 318 g/mol. The van der Waals surface area contributed by atoms with Crippen molar-refractivity contribution >= 4 is 16.9 Å². The highest BCUT2D eigenvalue weighted by atomic mass is 16.5. The van der Waals surface area contributed by atoms with Gasteiger partial charge in [0.25, 0.3) is 5.91 Å². The quantitative estimate of drug-likeness (QED) is 0.789. The van der Waals surface area contributed by atoms with E-state index in [0.29, 0.717) is 12.2 Å². The van der Waals surface area contributed by atoms with Gasteiger partial charge in [-0.25, -0.2) is 4.98 Å². The van der Waals surface area contributed by atoms with Crippen LogP contribution in [0.25, 0.3) is 11.0 Å². The highest BCUT2D eigenvalue weighted by Gasteiger charge is 2.28. The highest BCUT2D eigenvalue weighted by molar-refractivity contribution is 5.92. The Labute approximate surface area is 145 Å². The molecule has 7 nitrogen and oxygen atoms in total. The van der Waals surface area contributed by atoms with Crippen molar-refractivity contribution in [1.29, 1.82) is 0 Å². The van der Waals surface area contributed by atoms with E-state index in [-0.39, 0.29) is 11.8 Å². The van der Waals surface area contributed by atoms with Crippen LogP contribution in [-0.2, 0) is 6.42 Å². The van der Waals surface area contributed by atoms with Crippen molar-refractivity contribution in [2.75, 3.05) is 13.1 Å². The molecule has 1 saturated heterocycles. The third kappa shape index (κ3) is 3.14. The zero-order valence-corrected chi connectivity index (χ0v) is 14.2. The number of fused-ring (bicyclic) bond motifs is 1. The molecule has 0 unspecified atom stereocenters. The summed E-state index contributed by atoms with van der Waals surface area (Å²) in [5.41, 5.74) is 2.20. The van der Waals surface area contributed by atoms with Gasteiger partial charge in [-0.05, 0) is 31.4 Å². The number of aromatic amines is 1. The number of amides is 1. The molecule has 0 spiro atoms. The Morgan fingerprint density at radius 3 is 3.24 bits per heavy atom. The summed E-state index contributed by atoms with van der Waals surface area (Å²) in [7, 11) is 0. The normalized spacial score (nSPS) is 18.0. The second kappa shape index (κ2) is 6.66. The summed E-state index contributed by atoms with van der Waals surface area (Å²) in [5, 5.41) is 11.9. The molecule has 0 radical (unpaired) electrons. The van der Waals surface area contributed by atoms with E-state index in [1.165, 1.54) is 0 Å². The number of aryl methyl sites for hydroxylation is 1. The number of piperidine rings is 1. The molecule has 25 heavy (non-hydrogen) atoms. The van der Waals surface area contributed by atoms with Gasteiger partial charge < -0.3 is 9.42 Å². The van der Waals surface area contributed by atoms with Crippen molar-refractivity contribution in [2.45, 2.75) is 38.5 Å². The minimum Gasteiger partial charge on any atom is -0.361 e. The van der Waals surface area contributed by atoms with E-state index in [1.807, 2.05) is 17.0 Å². The molecule has 1 N–H and O–H groups in total. The molecule has 1 atom stereocenters. The summed E-state index contributed by atoms with van der Waals surface area (Å²) < 4.78 is 5.25. The maximum absolute atomic E-state index is 12.7. The van der Waals surface area contributed by atoms with Crippen LogP contribution in [0.5, 0.6) is 0 Å². The van der Waals surface area contributed by atoms with Crippen molar-refractivity contribution in [3.63, 3.8) is 0 Å². The number of hydrogen-bond acceptors (Lipinski definition) is 5. The van der Waals surface area contributed by atoms with Gasteiger partial charge in [0.15, 0.2) is 11.3 Å². The number of aromatic nitrogens is 4. The van der Waals surface area contributed by atoms with Gasteiger partial charge in [0.2, 0.25) is 0 Å². The molecule has 0 saturated carbocycles. The topological polar surface area (TPSA) is 87.9 Å². The third-order valence-corrected chi connectivity index (χ3v) is 4.72. The van der Waals surface area contributed by atoms with Crippen LogP contribution in [0.15, 0.2) is 28.9 Å². The molecule has 0 aromatic carbocycles. The predicted molar refractivity (Wildman–Crippen MR) is 92.3 cm³/mol. The summed E-state index contributed by atoms with van der Waals surface area (Å²) in [6.45, 7) is 3.47. The first kappa shape index (κ1) is 15.8. The van der Waals surface area contributed by atoms with Crippen LogP contribution in [-0.4, -0.2) is 44.2 Å². The zero-order valence-electron chi connectivity index (χ0n) is 14.2. The molecule has 1 fully saturated rings. The number of carbonyl (C=O) groups excluding carboxylic acids is 1. The van der Waals surface area contributed by atoms with Crippen molar-refractivity contribution in [3.8, 4) is 0 Å². The summed E-state index contributed by atoms with van der Waals surface area (Å²) in [6, 6.07) is 5.83. The standard InChI is InChI=1S/C18H21N5O2/c1-2-4-14-9-16(22-25-14)18(24)23-8-3-5-13(11-23)15-7-6-12-10-19-21-17(12)20-15/h6-7,9-10,13H,2-5,8,11H2,1H3,(H,19,20,21)/t13-/m1/s1. The van der Waals surface area contributed by atoms with Crippen LogP contribution < -0.4 is 0 Å². The average molecular weight is 339 g/mol. The number of nitrogens with one attached hydrogen (secondary N) is 1. The summed E-state index contributed by atoms with van der Waals surface area (Å²) >= 11 is 0. The van der Waals surface area contributed by atoms with Crippen LogP contribution in [0.4, 0.5) is 0 Å². The van der Waals surface area contributed by atoms with E-state index >= 15 is 0 Å². The molecule has 3 aromatic heterocycles. The molecule has 4 heterocycles. The lowest BCUT2D eigenvalue weighted by atomic mass is 9.94. The fourth-order valence-corrected chi connectivity index (χ4v) is 3.41. The van der Waals surface area contributed by atoms with E-state index in [1.54, 1.807) is 12.3 Å². The van der Waals surface area contributed by atoms with Gasteiger partial charge in [-0.3, -0.25) is 9.89 Å². The van der Waals surface area contributed by atoms with Gasteiger partial charge in [-0.1, -0.05) is 12.1 Å². The molecule has 7 heteroatoms. The molecule has 1 aliphatic heterocycles. The van der Waals surface area contributed by atoms with Gasteiger partial charge in [0, 0.05) is 42.6 Å². The Hall–Kier alpha value is -2.70. The molecular formula is C18H21N5O2. The van der Waals surface area contributed by atoms with Gasteiger partial charge in [-0.2, -0.15) is 5.10 Å². The number of nitrogens with zero attached hydrogens (tertiary/aromatic N) is 4. The molecule has 3 aromatic rings. The van der Waals surface area contributed by atoms with Gasteiger partial charge in [-0.15, -0.1) is 0 Å². The average Bonchev–Trinajstić information content (AvgIpc) is 3.30. The smallest absolute Gasteiger partial charge is 0.276 e. The predicted octanol–water partition coefficient (Wildman–Crippen LogP) is 2.92. The van der Waals surface area contributed by atoms with Gasteiger partial charge in [0.1, 0.15) is 5.76 Å². The van der Waals surface area contributed by atoms with Gasteiger partial charge >= 0.3 is 0 Å². The molecule has 130 valence electrons. The van der Waals surface area contributed by atoms with Crippen molar-refractivity contribution in [2.24, 2.45) is 0 Å². The van der Waals surface area contributed by atoms with Crippen LogP contribution >= 0.6 is 0 Å².